The molecule has 0 unspecified atom stereocenters. The van der Waals surface area contributed by atoms with Gasteiger partial charge in [0.15, 0.2) is 0 Å². The molecule has 0 N–H and O–H groups in total. The third kappa shape index (κ3) is 6.01. The number of hydrogen-bond donors (Lipinski definition) is 0. The van der Waals surface area contributed by atoms with Gasteiger partial charge in [0.2, 0.25) is 0 Å². The molecule has 0 saturated heterocycles. The van der Waals surface area contributed by atoms with Crippen molar-refractivity contribution in [2.75, 3.05) is 18.0 Å². The normalized spacial score (nSPS) is 11.4. The van der Waals surface area contributed by atoms with Crippen molar-refractivity contribution < 1.29 is 0 Å². The van der Waals surface area contributed by atoms with Crippen molar-refractivity contribution in [3.8, 4) is 0 Å². The highest BCUT2D eigenvalue weighted by atomic mass is 79.9. The molecule has 0 fully saturated rings. The fourth-order valence-corrected chi connectivity index (χ4v) is 2.58. The zero-order valence-corrected chi connectivity index (χ0v) is 15.3. The number of anilines is 1. The first-order valence-electron chi connectivity index (χ1n) is 7.39. The Labute approximate surface area is 137 Å². The maximum Gasteiger partial charge on any atom is 0.133 e. The fourth-order valence-electron chi connectivity index (χ4n) is 2.01. The summed E-state index contributed by atoms with van der Waals surface area (Å²) in [5, 5.41) is 0. The van der Waals surface area contributed by atoms with Gasteiger partial charge in [-0.3, -0.25) is 0 Å². The monoisotopic (exact) mass is 360 g/mol. The quantitative estimate of drug-likeness (QED) is 0.570. The lowest BCUT2D eigenvalue weighted by molar-refractivity contribution is 0.532. The van der Waals surface area contributed by atoms with Gasteiger partial charge in [0.1, 0.15) is 5.82 Å². The highest BCUT2D eigenvalue weighted by Gasteiger charge is 2.14. The fraction of sp³-hybridized carbons (Fsp3) is 0.688. The average molecular weight is 362 g/mol. The van der Waals surface area contributed by atoms with Gasteiger partial charge in [-0.25, -0.2) is 4.98 Å². The average Bonchev–Trinajstić information content (AvgIpc) is 2.38. The number of nitrogens with zero attached hydrogens (tertiary/aromatic N) is 2. The number of rotatable bonds is 8. The Morgan fingerprint density at radius 1 is 1.15 bits per heavy atom. The molecule has 0 bridgehead atoms. The molecular weight excluding hydrogens is 336 g/mol. The van der Waals surface area contributed by atoms with Crippen molar-refractivity contribution in [1.82, 2.24) is 4.98 Å². The second-order valence-corrected chi connectivity index (χ2v) is 7.30. The van der Waals surface area contributed by atoms with Crippen LogP contribution in [-0.4, -0.2) is 18.1 Å². The lowest BCUT2D eigenvalue weighted by Crippen LogP contribution is -2.29. The van der Waals surface area contributed by atoms with E-state index >= 15 is 0 Å². The maximum absolute atomic E-state index is 6.09. The maximum atomic E-state index is 6.09. The van der Waals surface area contributed by atoms with E-state index in [1.54, 1.807) is 0 Å². The van der Waals surface area contributed by atoms with Gasteiger partial charge in [0, 0.05) is 29.3 Å². The summed E-state index contributed by atoms with van der Waals surface area (Å²) in [6.07, 6.45) is 4.22. The Kier molecular flexibility index (Phi) is 7.90. The highest BCUT2D eigenvalue weighted by Crippen LogP contribution is 2.24. The highest BCUT2D eigenvalue weighted by molar-refractivity contribution is 9.10. The number of hydrogen-bond acceptors (Lipinski definition) is 2. The summed E-state index contributed by atoms with van der Waals surface area (Å²) >= 11 is 9.56. The van der Waals surface area contributed by atoms with Crippen LogP contribution in [0.5, 0.6) is 0 Å². The summed E-state index contributed by atoms with van der Waals surface area (Å²) < 4.78 is 0.990. The lowest BCUT2D eigenvalue weighted by atomic mass is 10.1. The molecule has 0 atom stereocenters. The second-order valence-electron chi connectivity index (χ2n) is 6.12. The summed E-state index contributed by atoms with van der Waals surface area (Å²) in [6.45, 7) is 11.1. The van der Waals surface area contributed by atoms with Crippen LogP contribution in [0.1, 0.15) is 46.1 Å². The van der Waals surface area contributed by atoms with Crippen LogP contribution in [0.3, 0.4) is 0 Å². The van der Waals surface area contributed by atoms with Gasteiger partial charge in [-0.2, -0.15) is 0 Å². The third-order valence-electron chi connectivity index (χ3n) is 3.31. The van der Waals surface area contributed by atoms with Crippen molar-refractivity contribution >= 4 is 33.3 Å². The molecule has 1 aromatic rings. The molecule has 1 aromatic heterocycles. The van der Waals surface area contributed by atoms with E-state index in [2.05, 4.69) is 59.6 Å². The van der Waals surface area contributed by atoms with E-state index in [0.717, 1.165) is 28.9 Å². The predicted molar refractivity (Wildman–Crippen MR) is 92.6 cm³/mol. The molecule has 0 aliphatic heterocycles. The first kappa shape index (κ1) is 17.8. The van der Waals surface area contributed by atoms with Gasteiger partial charge < -0.3 is 4.90 Å². The summed E-state index contributed by atoms with van der Waals surface area (Å²) in [5.74, 6) is 2.95. The van der Waals surface area contributed by atoms with Crippen LogP contribution in [0.2, 0.25) is 0 Å². The zero-order valence-electron chi connectivity index (χ0n) is 13.0. The molecule has 20 heavy (non-hydrogen) atoms. The number of alkyl halides is 1. The SMILES string of the molecule is CC(C)CCN(CCC(C)C)c1ncc(Br)cc1CCl. The van der Waals surface area contributed by atoms with Gasteiger partial charge in [-0.05, 0) is 46.7 Å². The van der Waals surface area contributed by atoms with Crippen LogP contribution in [0.25, 0.3) is 0 Å². The van der Waals surface area contributed by atoms with Crippen LogP contribution in [0, 0.1) is 11.8 Å². The number of halogens is 2. The molecule has 0 saturated carbocycles. The first-order valence-corrected chi connectivity index (χ1v) is 8.72. The van der Waals surface area contributed by atoms with Crippen molar-refractivity contribution in [2.24, 2.45) is 11.8 Å². The molecule has 0 aliphatic carbocycles. The molecule has 2 nitrogen and oxygen atoms in total. The van der Waals surface area contributed by atoms with Crippen LogP contribution >= 0.6 is 27.5 Å². The minimum absolute atomic E-state index is 0.502. The Hall–Kier alpha value is -0.280. The number of aromatic nitrogens is 1. The summed E-state index contributed by atoms with van der Waals surface area (Å²) in [7, 11) is 0. The molecule has 114 valence electrons. The summed E-state index contributed by atoms with van der Waals surface area (Å²) in [5.41, 5.74) is 1.11. The van der Waals surface area contributed by atoms with Gasteiger partial charge in [0.25, 0.3) is 0 Å². The van der Waals surface area contributed by atoms with Crippen LogP contribution in [-0.2, 0) is 5.88 Å². The van der Waals surface area contributed by atoms with E-state index in [-0.39, 0.29) is 0 Å². The minimum Gasteiger partial charge on any atom is -0.356 e. The van der Waals surface area contributed by atoms with Crippen molar-refractivity contribution in [3.05, 3.63) is 22.3 Å². The molecule has 0 amide bonds. The predicted octanol–water partition coefficient (Wildman–Crippen LogP) is 5.48. The van der Waals surface area contributed by atoms with E-state index in [1.165, 1.54) is 12.8 Å². The Morgan fingerprint density at radius 2 is 1.70 bits per heavy atom. The lowest BCUT2D eigenvalue weighted by Gasteiger charge is -2.27. The largest absolute Gasteiger partial charge is 0.356 e. The van der Waals surface area contributed by atoms with Crippen LogP contribution in [0.15, 0.2) is 16.7 Å². The third-order valence-corrected chi connectivity index (χ3v) is 4.03. The molecule has 0 spiro atoms. The summed E-state index contributed by atoms with van der Waals surface area (Å²) in [4.78, 5) is 6.99. The molecule has 1 rings (SSSR count). The number of pyridine rings is 1. The molecule has 0 aromatic carbocycles. The second kappa shape index (κ2) is 8.89. The topological polar surface area (TPSA) is 16.1 Å². The Morgan fingerprint density at radius 3 is 2.15 bits per heavy atom. The van der Waals surface area contributed by atoms with Crippen LogP contribution < -0.4 is 4.90 Å². The molecular formula is C16H26BrClN2. The smallest absolute Gasteiger partial charge is 0.133 e. The van der Waals surface area contributed by atoms with Gasteiger partial charge >= 0.3 is 0 Å². The van der Waals surface area contributed by atoms with Gasteiger partial charge in [-0.15, -0.1) is 11.6 Å². The van der Waals surface area contributed by atoms with Gasteiger partial charge in [0.05, 0.1) is 5.88 Å². The van der Waals surface area contributed by atoms with Crippen molar-refractivity contribution in [2.45, 2.75) is 46.4 Å². The van der Waals surface area contributed by atoms with Crippen molar-refractivity contribution in [1.29, 1.82) is 0 Å². The zero-order chi connectivity index (χ0) is 15.1. The first-order chi connectivity index (χ1) is 9.43. The van der Waals surface area contributed by atoms with E-state index < -0.39 is 0 Å². The summed E-state index contributed by atoms with van der Waals surface area (Å²) in [6, 6.07) is 2.08. The van der Waals surface area contributed by atoms with E-state index in [1.807, 2.05) is 6.20 Å². The van der Waals surface area contributed by atoms with Crippen molar-refractivity contribution in [3.63, 3.8) is 0 Å². The van der Waals surface area contributed by atoms with Crippen LogP contribution in [0.4, 0.5) is 5.82 Å². The van der Waals surface area contributed by atoms with E-state index in [4.69, 9.17) is 11.6 Å². The molecule has 0 radical (unpaired) electrons. The van der Waals surface area contributed by atoms with Gasteiger partial charge in [-0.1, -0.05) is 27.7 Å². The van der Waals surface area contributed by atoms with E-state index in [9.17, 15) is 0 Å². The Bertz CT molecular complexity index is 395. The standard InChI is InChI=1S/C16H26BrClN2/c1-12(2)5-7-20(8-6-13(3)4)16-14(10-18)9-15(17)11-19-16/h9,11-13H,5-8,10H2,1-4H3. The minimum atomic E-state index is 0.502. The Balaban J connectivity index is 2.89. The van der Waals surface area contributed by atoms with E-state index in [0.29, 0.717) is 17.7 Å². The molecule has 1 heterocycles. The molecule has 4 heteroatoms. The molecule has 0 aliphatic rings.